The van der Waals surface area contributed by atoms with Crippen LogP contribution in [0.1, 0.15) is 150 Å². The predicted octanol–water partition coefficient (Wildman–Crippen LogP) is 9.12. The van der Waals surface area contributed by atoms with Crippen molar-refractivity contribution in [1.82, 2.24) is 0 Å². The second kappa shape index (κ2) is 30.9. The predicted molar refractivity (Wildman–Crippen MR) is 130 cm³/mol. The number of unbranched alkanes of at least 4 members (excludes halogenated alkanes) is 16. The van der Waals surface area contributed by atoms with Crippen molar-refractivity contribution < 1.29 is 4.79 Å². The Kier molecular flexibility index (Phi) is 35.2. The van der Waals surface area contributed by atoms with Crippen molar-refractivity contribution in [1.29, 1.82) is 0 Å². The molecule has 0 aliphatic rings. The van der Waals surface area contributed by atoms with Crippen molar-refractivity contribution in [3.05, 3.63) is 11.8 Å². The van der Waals surface area contributed by atoms with E-state index in [1.165, 1.54) is 96.3 Å². The number of hydrogen-bond donors (Lipinski definition) is 1. The van der Waals surface area contributed by atoms with Gasteiger partial charge in [-0.2, -0.15) is 0 Å². The maximum absolute atomic E-state index is 10.2. The van der Waals surface area contributed by atoms with Gasteiger partial charge in [-0.05, 0) is 25.7 Å². The minimum Gasteiger partial charge on any atom is -0.402 e. The van der Waals surface area contributed by atoms with Gasteiger partial charge in [0, 0.05) is 12.1 Å². The Morgan fingerprint density at radius 2 is 0.964 bits per heavy atom. The molecule has 0 rings (SSSR count). The molecule has 0 saturated heterocycles. The highest BCUT2D eigenvalue weighted by Gasteiger charge is 1.95. The fourth-order valence-electron chi connectivity index (χ4n) is 3.40. The van der Waals surface area contributed by atoms with Crippen LogP contribution >= 0.6 is 0 Å². The van der Waals surface area contributed by atoms with Crippen molar-refractivity contribution in [2.45, 2.75) is 150 Å². The van der Waals surface area contributed by atoms with Gasteiger partial charge in [0.15, 0.2) is 0 Å². The Labute approximate surface area is 179 Å². The third kappa shape index (κ3) is 30.0. The van der Waals surface area contributed by atoms with E-state index in [4.69, 9.17) is 5.73 Å². The van der Waals surface area contributed by atoms with E-state index in [2.05, 4.69) is 13.0 Å². The molecule has 0 heterocycles. The summed E-state index contributed by atoms with van der Waals surface area (Å²) in [7, 11) is 0. The monoisotopic (exact) mass is 397 g/mol. The van der Waals surface area contributed by atoms with Gasteiger partial charge >= 0.3 is 0 Å². The first kappa shape index (κ1) is 31.9. The fourth-order valence-corrected chi connectivity index (χ4v) is 3.40. The number of carbonyl (C=O) groups excluding carboxylic acids is 1. The first-order valence-corrected chi connectivity index (χ1v) is 12.2. The van der Waals surface area contributed by atoms with E-state index in [1.807, 2.05) is 13.8 Å². The Balaban J connectivity index is -0.00000201. The second-order valence-electron chi connectivity index (χ2n) is 7.55. The molecule has 0 aromatic carbocycles. The highest BCUT2D eigenvalue weighted by Crippen LogP contribution is 2.14. The molecule has 2 nitrogen and oxygen atoms in total. The fraction of sp³-hybridized carbons (Fsp3) is 0.885. The first-order valence-electron chi connectivity index (χ1n) is 12.2. The topological polar surface area (TPSA) is 43.1 Å². The summed E-state index contributed by atoms with van der Waals surface area (Å²) >= 11 is 0. The summed E-state index contributed by atoms with van der Waals surface area (Å²) in [5, 5.41) is 0. The van der Waals surface area contributed by atoms with Crippen LogP contribution in [0.3, 0.4) is 0 Å². The van der Waals surface area contributed by atoms with Crippen molar-refractivity contribution in [2.24, 2.45) is 5.73 Å². The largest absolute Gasteiger partial charge is 0.402 e. The van der Waals surface area contributed by atoms with Crippen LogP contribution < -0.4 is 5.73 Å². The number of allylic oxidation sites excluding steroid dienone is 2. The van der Waals surface area contributed by atoms with Crippen LogP contribution in [0, 0.1) is 0 Å². The molecule has 0 aromatic heterocycles. The summed E-state index contributed by atoms with van der Waals surface area (Å²) in [6.45, 7) is 6.15. The third-order valence-electron chi connectivity index (χ3n) is 5.00. The molecule has 28 heavy (non-hydrogen) atoms. The molecular formula is C26H55NO. The van der Waals surface area contributed by atoms with Crippen LogP contribution in [-0.2, 0) is 4.79 Å². The lowest BCUT2D eigenvalue weighted by Crippen LogP contribution is -1.96. The molecule has 0 radical (unpaired) electrons. The maximum Gasteiger partial charge on any atom is 0.119 e. The molecule has 0 unspecified atom stereocenters. The zero-order valence-corrected chi connectivity index (χ0v) is 19.1. The van der Waals surface area contributed by atoms with E-state index in [-0.39, 0.29) is 7.43 Å². The standard InChI is InChI=1S/C23H45NO.C2H6.CH4/c1-2-20-23(24)21-18-16-14-12-10-8-6-4-3-5-7-9-11-13-15-17-19-22-25;1-2;/h20,22H,2-19,21,24H2,1H3;1-2H3;1H4/b23-20+;;. The zero-order chi connectivity index (χ0) is 20.4. The number of carbonyl (C=O) groups is 1. The SMILES string of the molecule is C.CC.CC/C=C(/N)CCCCCCCCCCCCCCCCCCC=O. The molecule has 0 spiro atoms. The first-order chi connectivity index (χ1) is 13.3. The van der Waals surface area contributed by atoms with Crippen LogP contribution in [0.25, 0.3) is 0 Å². The lowest BCUT2D eigenvalue weighted by Gasteiger charge is -2.04. The molecule has 0 amide bonds. The van der Waals surface area contributed by atoms with Gasteiger partial charge in [0.25, 0.3) is 0 Å². The lowest BCUT2D eigenvalue weighted by atomic mass is 10.0. The Morgan fingerprint density at radius 3 is 1.29 bits per heavy atom. The Hall–Kier alpha value is -0.790. The maximum atomic E-state index is 10.2. The molecule has 0 aliphatic heterocycles. The molecule has 2 N–H and O–H groups in total. The average molecular weight is 398 g/mol. The Morgan fingerprint density at radius 1 is 0.643 bits per heavy atom. The molecule has 2 heteroatoms. The van der Waals surface area contributed by atoms with Gasteiger partial charge in [0.05, 0.1) is 0 Å². The molecule has 0 aromatic rings. The third-order valence-corrected chi connectivity index (χ3v) is 5.00. The van der Waals surface area contributed by atoms with E-state index in [9.17, 15) is 4.79 Å². The van der Waals surface area contributed by atoms with Crippen LogP contribution in [0.15, 0.2) is 11.8 Å². The van der Waals surface area contributed by atoms with Crippen molar-refractivity contribution in [3.8, 4) is 0 Å². The summed E-state index contributed by atoms with van der Waals surface area (Å²) < 4.78 is 0. The van der Waals surface area contributed by atoms with Crippen molar-refractivity contribution in [2.75, 3.05) is 0 Å². The highest BCUT2D eigenvalue weighted by molar-refractivity contribution is 5.48. The smallest absolute Gasteiger partial charge is 0.119 e. The van der Waals surface area contributed by atoms with E-state index in [0.29, 0.717) is 0 Å². The average Bonchev–Trinajstić information content (AvgIpc) is 2.69. The van der Waals surface area contributed by atoms with E-state index in [0.717, 1.165) is 37.7 Å². The van der Waals surface area contributed by atoms with Gasteiger partial charge in [-0.1, -0.05) is 124 Å². The lowest BCUT2D eigenvalue weighted by molar-refractivity contribution is -0.107. The molecular weight excluding hydrogens is 342 g/mol. The van der Waals surface area contributed by atoms with E-state index in [1.54, 1.807) is 0 Å². The highest BCUT2D eigenvalue weighted by atomic mass is 16.1. The van der Waals surface area contributed by atoms with Crippen LogP contribution in [-0.4, -0.2) is 6.29 Å². The number of hydrogen-bond acceptors (Lipinski definition) is 2. The van der Waals surface area contributed by atoms with Gasteiger partial charge in [0.1, 0.15) is 6.29 Å². The minimum absolute atomic E-state index is 0. The van der Waals surface area contributed by atoms with Crippen molar-refractivity contribution in [3.63, 3.8) is 0 Å². The van der Waals surface area contributed by atoms with E-state index >= 15 is 0 Å². The summed E-state index contributed by atoms with van der Waals surface area (Å²) in [4.78, 5) is 10.2. The number of rotatable bonds is 20. The van der Waals surface area contributed by atoms with Gasteiger partial charge in [0.2, 0.25) is 0 Å². The van der Waals surface area contributed by atoms with Crippen LogP contribution in [0.2, 0.25) is 0 Å². The number of aldehydes is 1. The summed E-state index contributed by atoms with van der Waals surface area (Å²) in [5.41, 5.74) is 6.99. The molecule has 0 saturated carbocycles. The zero-order valence-electron chi connectivity index (χ0n) is 19.1. The summed E-state index contributed by atoms with van der Waals surface area (Å²) in [5.74, 6) is 0. The Bertz CT molecular complexity index is 299. The molecule has 170 valence electrons. The van der Waals surface area contributed by atoms with Crippen LogP contribution in [0.4, 0.5) is 0 Å². The molecule has 0 aliphatic carbocycles. The summed E-state index contributed by atoms with van der Waals surface area (Å²) in [6.07, 6.45) is 27.8. The van der Waals surface area contributed by atoms with E-state index < -0.39 is 0 Å². The normalized spacial score (nSPS) is 10.8. The second-order valence-corrected chi connectivity index (χ2v) is 7.55. The molecule has 0 bridgehead atoms. The van der Waals surface area contributed by atoms with Gasteiger partial charge < -0.3 is 10.5 Å². The number of nitrogens with two attached hydrogens (primary N) is 1. The molecule has 0 atom stereocenters. The summed E-state index contributed by atoms with van der Waals surface area (Å²) in [6, 6.07) is 0. The van der Waals surface area contributed by atoms with Gasteiger partial charge in [-0.25, -0.2) is 0 Å². The van der Waals surface area contributed by atoms with Gasteiger partial charge in [-0.15, -0.1) is 0 Å². The van der Waals surface area contributed by atoms with Crippen LogP contribution in [0.5, 0.6) is 0 Å². The molecule has 0 fully saturated rings. The van der Waals surface area contributed by atoms with Gasteiger partial charge in [-0.3, -0.25) is 0 Å². The van der Waals surface area contributed by atoms with Crippen molar-refractivity contribution >= 4 is 6.29 Å². The minimum atomic E-state index is 0. The quantitative estimate of drug-likeness (QED) is 0.164.